The summed E-state index contributed by atoms with van der Waals surface area (Å²) in [5.41, 5.74) is 10.9. The predicted octanol–water partition coefficient (Wildman–Crippen LogP) is 5.22. The van der Waals surface area contributed by atoms with Crippen molar-refractivity contribution in [1.82, 2.24) is 20.2 Å². The van der Waals surface area contributed by atoms with Crippen molar-refractivity contribution in [3.05, 3.63) is 59.4 Å². The first-order valence-electron chi connectivity index (χ1n) is 8.71. The van der Waals surface area contributed by atoms with Gasteiger partial charge in [-0.2, -0.15) is 5.10 Å². The summed E-state index contributed by atoms with van der Waals surface area (Å²) < 4.78 is 0. The van der Waals surface area contributed by atoms with Crippen molar-refractivity contribution in [3.8, 4) is 22.5 Å². The van der Waals surface area contributed by atoms with Crippen LogP contribution in [-0.4, -0.2) is 20.2 Å². The highest BCUT2D eigenvalue weighted by atomic mass is 35.5. The van der Waals surface area contributed by atoms with Gasteiger partial charge in [0.25, 0.3) is 0 Å². The molecule has 136 valence electrons. The molecule has 0 fully saturated rings. The van der Waals surface area contributed by atoms with Gasteiger partial charge in [-0.1, -0.05) is 62.7 Å². The van der Waals surface area contributed by atoms with Gasteiger partial charge < -0.3 is 5.73 Å². The smallest absolute Gasteiger partial charge is 0.146 e. The Morgan fingerprint density at radius 2 is 1.67 bits per heavy atom. The van der Waals surface area contributed by atoms with Crippen molar-refractivity contribution < 1.29 is 0 Å². The molecule has 3 N–H and O–H groups in total. The Bertz CT molecular complexity index is 1130. The number of nitrogens with zero attached hydrogens (tertiary/aromatic N) is 3. The van der Waals surface area contributed by atoms with Crippen LogP contribution >= 0.6 is 11.6 Å². The van der Waals surface area contributed by atoms with Gasteiger partial charge in [0.2, 0.25) is 0 Å². The summed E-state index contributed by atoms with van der Waals surface area (Å²) in [6, 6.07) is 13.8. The van der Waals surface area contributed by atoms with E-state index in [4.69, 9.17) is 27.3 Å². The number of nitrogens with two attached hydrogens (primary N) is 1. The largest absolute Gasteiger partial charge is 0.382 e. The van der Waals surface area contributed by atoms with Crippen LogP contribution in [0.2, 0.25) is 5.02 Å². The Hall–Kier alpha value is -2.92. The topological polar surface area (TPSA) is 80.5 Å². The van der Waals surface area contributed by atoms with Gasteiger partial charge in [0.1, 0.15) is 5.82 Å². The minimum atomic E-state index is -0.232. The molecule has 6 heteroatoms. The maximum absolute atomic E-state index is 6.47. The SMILES string of the molecule is CC(C)(C)c1nc(-c2cc(Cl)c3[nH]ncc3c2)c(-c2ccccc2)nc1N. The highest BCUT2D eigenvalue weighted by Gasteiger charge is 2.24. The minimum Gasteiger partial charge on any atom is -0.382 e. The Labute approximate surface area is 162 Å². The summed E-state index contributed by atoms with van der Waals surface area (Å²) in [5.74, 6) is 0.445. The zero-order valence-electron chi connectivity index (χ0n) is 15.4. The number of rotatable bonds is 2. The number of H-pyrrole nitrogens is 1. The molecule has 27 heavy (non-hydrogen) atoms. The number of halogens is 1. The molecule has 0 atom stereocenters. The number of fused-ring (bicyclic) bond motifs is 1. The standard InChI is InChI=1S/C21H20ClN5/c1-21(2,3)19-20(23)26-17(12-7-5-4-6-8-12)18(25-19)13-9-14-11-24-27-16(14)15(22)10-13/h4-11H,1-3H3,(H2,23,26)(H,24,27). The molecular formula is C21H20ClN5. The lowest BCUT2D eigenvalue weighted by atomic mass is 9.91. The van der Waals surface area contributed by atoms with Crippen LogP contribution in [0.15, 0.2) is 48.7 Å². The van der Waals surface area contributed by atoms with Gasteiger partial charge in [-0.05, 0) is 12.1 Å². The zero-order valence-corrected chi connectivity index (χ0v) is 16.2. The Balaban J connectivity index is 2.04. The molecular weight excluding hydrogens is 358 g/mol. The molecule has 0 spiro atoms. The average Bonchev–Trinajstić information content (AvgIpc) is 3.10. The van der Waals surface area contributed by atoms with E-state index >= 15 is 0 Å². The van der Waals surface area contributed by atoms with Crippen molar-refractivity contribution in [2.75, 3.05) is 5.73 Å². The van der Waals surface area contributed by atoms with Gasteiger partial charge in [0, 0.05) is 21.9 Å². The summed E-state index contributed by atoms with van der Waals surface area (Å²) in [6.45, 7) is 6.22. The van der Waals surface area contributed by atoms with Crippen LogP contribution in [0.4, 0.5) is 5.82 Å². The molecule has 0 radical (unpaired) electrons. The van der Waals surface area contributed by atoms with Crippen molar-refractivity contribution in [2.24, 2.45) is 0 Å². The highest BCUT2D eigenvalue weighted by molar-refractivity contribution is 6.35. The van der Waals surface area contributed by atoms with E-state index in [1.807, 2.05) is 42.5 Å². The third-order valence-electron chi connectivity index (χ3n) is 4.45. The van der Waals surface area contributed by atoms with Gasteiger partial charge in [-0.15, -0.1) is 0 Å². The van der Waals surface area contributed by atoms with Crippen LogP contribution in [-0.2, 0) is 5.41 Å². The average molecular weight is 378 g/mol. The van der Waals surface area contributed by atoms with Crippen molar-refractivity contribution in [2.45, 2.75) is 26.2 Å². The molecule has 0 bridgehead atoms. The van der Waals surface area contributed by atoms with Crippen LogP contribution in [0.5, 0.6) is 0 Å². The molecule has 0 unspecified atom stereocenters. The third-order valence-corrected chi connectivity index (χ3v) is 4.75. The zero-order chi connectivity index (χ0) is 19.2. The fraction of sp³-hybridized carbons (Fsp3) is 0.190. The molecule has 5 nitrogen and oxygen atoms in total. The summed E-state index contributed by atoms with van der Waals surface area (Å²) in [7, 11) is 0. The van der Waals surface area contributed by atoms with Crippen LogP contribution in [0, 0.1) is 0 Å². The molecule has 0 aliphatic heterocycles. The molecule has 0 saturated carbocycles. The first-order valence-corrected chi connectivity index (χ1v) is 9.09. The predicted molar refractivity (Wildman–Crippen MR) is 111 cm³/mol. The first kappa shape index (κ1) is 17.5. The Morgan fingerprint density at radius 1 is 0.963 bits per heavy atom. The van der Waals surface area contributed by atoms with Crippen LogP contribution < -0.4 is 5.73 Å². The van der Waals surface area contributed by atoms with Crippen molar-refractivity contribution in [1.29, 1.82) is 0 Å². The number of aromatic amines is 1. The quantitative estimate of drug-likeness (QED) is 0.501. The molecule has 2 aromatic heterocycles. The molecule has 0 saturated heterocycles. The number of nitrogen functional groups attached to an aromatic ring is 1. The first-order chi connectivity index (χ1) is 12.8. The maximum Gasteiger partial charge on any atom is 0.146 e. The lowest BCUT2D eigenvalue weighted by molar-refractivity contribution is 0.570. The summed E-state index contributed by atoms with van der Waals surface area (Å²) in [6.07, 6.45) is 1.75. The lowest BCUT2D eigenvalue weighted by Gasteiger charge is -2.22. The molecule has 0 aliphatic carbocycles. The molecule has 4 aromatic rings. The fourth-order valence-corrected chi connectivity index (χ4v) is 3.42. The van der Waals surface area contributed by atoms with Gasteiger partial charge in [-0.3, -0.25) is 5.10 Å². The highest BCUT2D eigenvalue weighted by Crippen LogP contribution is 2.36. The van der Waals surface area contributed by atoms with E-state index in [1.165, 1.54) is 0 Å². The summed E-state index contributed by atoms with van der Waals surface area (Å²) in [5, 5.41) is 8.52. The number of anilines is 1. The maximum atomic E-state index is 6.47. The second-order valence-corrected chi connectivity index (χ2v) is 7.97. The van der Waals surface area contributed by atoms with E-state index in [0.717, 1.165) is 39.1 Å². The lowest BCUT2D eigenvalue weighted by Crippen LogP contribution is -2.18. The Kier molecular flexibility index (Phi) is 4.12. The van der Waals surface area contributed by atoms with E-state index in [2.05, 4.69) is 31.0 Å². The Morgan fingerprint density at radius 3 is 2.37 bits per heavy atom. The number of benzene rings is 2. The number of aromatic nitrogens is 4. The minimum absolute atomic E-state index is 0.232. The van der Waals surface area contributed by atoms with Crippen LogP contribution in [0.25, 0.3) is 33.4 Å². The van der Waals surface area contributed by atoms with E-state index in [9.17, 15) is 0 Å². The van der Waals surface area contributed by atoms with Crippen LogP contribution in [0.3, 0.4) is 0 Å². The third kappa shape index (κ3) is 3.15. The second-order valence-electron chi connectivity index (χ2n) is 7.56. The van der Waals surface area contributed by atoms with Gasteiger partial charge in [0.05, 0.1) is 33.8 Å². The molecule has 0 aliphatic rings. The normalized spacial score (nSPS) is 11.9. The van der Waals surface area contributed by atoms with E-state index < -0.39 is 0 Å². The van der Waals surface area contributed by atoms with Gasteiger partial charge in [-0.25, -0.2) is 9.97 Å². The molecule has 2 heterocycles. The number of hydrogen-bond acceptors (Lipinski definition) is 4. The molecule has 0 amide bonds. The number of nitrogens with one attached hydrogen (secondary N) is 1. The van der Waals surface area contributed by atoms with Gasteiger partial charge in [0.15, 0.2) is 0 Å². The van der Waals surface area contributed by atoms with Crippen LogP contribution in [0.1, 0.15) is 26.5 Å². The second kappa shape index (κ2) is 6.35. The van der Waals surface area contributed by atoms with E-state index in [0.29, 0.717) is 10.8 Å². The van der Waals surface area contributed by atoms with Crippen molar-refractivity contribution >= 4 is 28.3 Å². The van der Waals surface area contributed by atoms with E-state index in [1.54, 1.807) is 6.20 Å². The summed E-state index contributed by atoms with van der Waals surface area (Å²) >= 11 is 6.47. The monoisotopic (exact) mass is 377 g/mol. The molecule has 2 aromatic carbocycles. The van der Waals surface area contributed by atoms with Crippen molar-refractivity contribution in [3.63, 3.8) is 0 Å². The summed E-state index contributed by atoms with van der Waals surface area (Å²) in [4.78, 5) is 9.68. The van der Waals surface area contributed by atoms with E-state index in [-0.39, 0.29) is 5.41 Å². The molecule has 4 rings (SSSR count). The fourth-order valence-electron chi connectivity index (χ4n) is 3.15. The number of hydrogen-bond donors (Lipinski definition) is 2. The van der Waals surface area contributed by atoms with Gasteiger partial charge >= 0.3 is 0 Å².